The Morgan fingerprint density at radius 2 is 1.80 bits per heavy atom. The molecule has 1 atom stereocenters. The minimum atomic E-state index is -3.80. The fraction of sp³-hybridized carbons (Fsp3) is 0.480. The van der Waals surface area contributed by atoms with Gasteiger partial charge in [-0.15, -0.1) is 0 Å². The zero-order chi connectivity index (χ0) is 25.0. The van der Waals surface area contributed by atoms with E-state index in [2.05, 4.69) is 14.9 Å². The Labute approximate surface area is 205 Å². The number of fused-ring (bicyclic) bond motifs is 1. The highest BCUT2D eigenvalue weighted by Crippen LogP contribution is 2.41. The summed E-state index contributed by atoms with van der Waals surface area (Å²) in [6.07, 6.45) is 5.36. The summed E-state index contributed by atoms with van der Waals surface area (Å²) in [5, 5.41) is 0.670. The fourth-order valence-electron chi connectivity index (χ4n) is 5.04. The molecule has 2 saturated heterocycles. The molecule has 0 N–H and O–H groups in total. The molecule has 3 aromatic rings. The Morgan fingerprint density at radius 3 is 2.46 bits per heavy atom. The average Bonchev–Trinajstić information content (AvgIpc) is 3.22. The normalized spacial score (nSPS) is 20.8. The Bertz CT molecular complexity index is 1380. The molecule has 1 unspecified atom stereocenters. The van der Waals surface area contributed by atoms with E-state index in [1.165, 1.54) is 16.5 Å². The van der Waals surface area contributed by atoms with Crippen LogP contribution in [-0.2, 0) is 14.8 Å². The molecule has 2 aliphatic heterocycles. The molecule has 2 aliphatic rings. The topological polar surface area (TPSA) is 97.6 Å². The number of carbonyl (C=O) groups excluding carboxylic acids is 1. The van der Waals surface area contributed by atoms with Crippen molar-refractivity contribution in [2.24, 2.45) is 0 Å². The van der Waals surface area contributed by atoms with Gasteiger partial charge >= 0.3 is 6.09 Å². The zero-order valence-electron chi connectivity index (χ0n) is 20.6. The molecule has 0 aliphatic carbocycles. The number of benzene rings is 1. The van der Waals surface area contributed by atoms with Gasteiger partial charge in [-0.2, -0.15) is 0 Å². The maximum absolute atomic E-state index is 13.3. The van der Waals surface area contributed by atoms with E-state index in [1.807, 2.05) is 32.6 Å². The lowest BCUT2D eigenvalue weighted by atomic mass is 9.78. The van der Waals surface area contributed by atoms with Crippen LogP contribution < -0.4 is 4.90 Å². The van der Waals surface area contributed by atoms with Crippen molar-refractivity contribution in [2.45, 2.75) is 63.0 Å². The summed E-state index contributed by atoms with van der Waals surface area (Å²) < 4.78 is 33.5. The second kappa shape index (κ2) is 8.22. The number of amides is 1. The predicted molar refractivity (Wildman–Crippen MR) is 133 cm³/mol. The molecule has 0 radical (unpaired) electrons. The van der Waals surface area contributed by atoms with Crippen LogP contribution in [0.1, 0.15) is 45.6 Å². The second-order valence-electron chi connectivity index (χ2n) is 10.5. The van der Waals surface area contributed by atoms with Crippen molar-refractivity contribution in [2.75, 3.05) is 24.5 Å². The van der Waals surface area contributed by atoms with Crippen LogP contribution in [0.3, 0.4) is 0 Å². The number of rotatable bonds is 3. The van der Waals surface area contributed by atoms with Crippen LogP contribution in [-0.4, -0.2) is 64.1 Å². The van der Waals surface area contributed by atoms with Crippen LogP contribution in [0.2, 0.25) is 0 Å². The van der Waals surface area contributed by atoms with E-state index < -0.39 is 15.6 Å². The quantitative estimate of drug-likeness (QED) is 0.540. The lowest BCUT2D eigenvalue weighted by Crippen LogP contribution is -2.69. The van der Waals surface area contributed by atoms with Gasteiger partial charge in [-0.1, -0.05) is 17.7 Å². The molecule has 9 nitrogen and oxygen atoms in total. The molecule has 5 rings (SSSR count). The first-order chi connectivity index (χ1) is 16.5. The minimum Gasteiger partial charge on any atom is -0.444 e. The van der Waals surface area contributed by atoms with Gasteiger partial charge in [0.15, 0.2) is 5.65 Å². The lowest BCUT2D eigenvalue weighted by Gasteiger charge is -2.56. The van der Waals surface area contributed by atoms with Crippen LogP contribution >= 0.6 is 0 Å². The lowest BCUT2D eigenvalue weighted by molar-refractivity contribution is -0.0496. The number of nitrogens with zero attached hydrogens (tertiary/aromatic N) is 5. The number of likely N-dealkylation sites (tertiary alicyclic amines) is 1. The number of aryl methyl sites for hydroxylation is 1. The van der Waals surface area contributed by atoms with Crippen LogP contribution in [0, 0.1) is 6.92 Å². The third-order valence-electron chi connectivity index (χ3n) is 6.85. The fourth-order valence-corrected chi connectivity index (χ4v) is 6.35. The number of hydrogen-bond donors (Lipinski definition) is 0. The summed E-state index contributed by atoms with van der Waals surface area (Å²) in [5.41, 5.74) is 0.482. The van der Waals surface area contributed by atoms with E-state index in [-0.39, 0.29) is 16.5 Å². The smallest absolute Gasteiger partial charge is 0.410 e. The molecular formula is C25H31N5O4S. The maximum Gasteiger partial charge on any atom is 0.410 e. The molecule has 4 heterocycles. The number of aromatic nitrogens is 3. The first-order valence-corrected chi connectivity index (χ1v) is 13.3. The summed E-state index contributed by atoms with van der Waals surface area (Å²) in [7, 11) is -3.80. The second-order valence-corrected chi connectivity index (χ2v) is 12.3. The molecule has 2 aromatic heterocycles. The molecule has 0 bridgehead atoms. The Morgan fingerprint density at radius 1 is 1.06 bits per heavy atom. The molecule has 2 fully saturated rings. The van der Waals surface area contributed by atoms with Crippen molar-refractivity contribution >= 4 is 33.0 Å². The van der Waals surface area contributed by atoms with E-state index in [0.717, 1.165) is 31.4 Å². The van der Waals surface area contributed by atoms with E-state index in [4.69, 9.17) is 4.74 Å². The van der Waals surface area contributed by atoms with Crippen molar-refractivity contribution in [1.82, 2.24) is 18.8 Å². The molecule has 0 saturated carbocycles. The van der Waals surface area contributed by atoms with Gasteiger partial charge < -0.3 is 14.5 Å². The number of piperidine rings is 1. The molecule has 1 amide bonds. The average molecular weight is 498 g/mol. The molecule has 35 heavy (non-hydrogen) atoms. The van der Waals surface area contributed by atoms with Gasteiger partial charge in [-0.25, -0.2) is 27.2 Å². The summed E-state index contributed by atoms with van der Waals surface area (Å²) in [6.45, 7) is 9.60. The largest absolute Gasteiger partial charge is 0.444 e. The van der Waals surface area contributed by atoms with Gasteiger partial charge in [-0.3, -0.25) is 0 Å². The van der Waals surface area contributed by atoms with Gasteiger partial charge in [0.1, 0.15) is 17.7 Å². The minimum absolute atomic E-state index is 0.208. The Kier molecular flexibility index (Phi) is 5.54. The van der Waals surface area contributed by atoms with Gasteiger partial charge in [0.2, 0.25) is 0 Å². The van der Waals surface area contributed by atoms with Crippen molar-refractivity contribution in [1.29, 1.82) is 0 Å². The van der Waals surface area contributed by atoms with Gasteiger partial charge in [-0.05, 0) is 65.2 Å². The number of hydrogen-bond acceptors (Lipinski definition) is 7. The van der Waals surface area contributed by atoms with Crippen molar-refractivity contribution in [3.05, 3.63) is 48.4 Å². The summed E-state index contributed by atoms with van der Waals surface area (Å²) >= 11 is 0. The molecule has 10 heteroatoms. The number of ether oxygens (including phenoxy) is 1. The van der Waals surface area contributed by atoms with Crippen molar-refractivity contribution < 1.29 is 17.9 Å². The standard InChI is InChI=1S/C25H31N5O4S/c1-18-6-8-19(9-7-18)35(32,33)30-14-10-20-21(26-17-27-22(20)30)28-13-5-11-25(16-28)12-15-29(25)23(31)34-24(2,3)4/h6-10,14,17H,5,11-13,15-16H2,1-4H3. The van der Waals surface area contributed by atoms with Crippen molar-refractivity contribution in [3.8, 4) is 0 Å². The van der Waals surface area contributed by atoms with Gasteiger partial charge in [0.05, 0.1) is 15.8 Å². The predicted octanol–water partition coefficient (Wildman–Crippen LogP) is 3.96. The van der Waals surface area contributed by atoms with Crippen molar-refractivity contribution in [3.63, 3.8) is 0 Å². The van der Waals surface area contributed by atoms with Gasteiger partial charge in [0.25, 0.3) is 10.0 Å². The van der Waals surface area contributed by atoms with E-state index in [9.17, 15) is 13.2 Å². The molecule has 1 aromatic carbocycles. The number of carbonyl (C=O) groups is 1. The highest BCUT2D eigenvalue weighted by molar-refractivity contribution is 7.90. The zero-order valence-corrected chi connectivity index (χ0v) is 21.4. The van der Waals surface area contributed by atoms with E-state index >= 15 is 0 Å². The monoisotopic (exact) mass is 497 g/mol. The number of anilines is 1. The first-order valence-electron chi connectivity index (χ1n) is 11.9. The third kappa shape index (κ3) is 4.13. The van der Waals surface area contributed by atoms with Gasteiger partial charge in [0, 0.05) is 25.8 Å². The van der Waals surface area contributed by atoms with Crippen LogP contribution in [0.25, 0.3) is 11.0 Å². The van der Waals surface area contributed by atoms with Crippen LogP contribution in [0.5, 0.6) is 0 Å². The highest BCUT2D eigenvalue weighted by Gasteiger charge is 2.51. The Balaban J connectivity index is 1.46. The summed E-state index contributed by atoms with van der Waals surface area (Å²) in [5.74, 6) is 0.683. The summed E-state index contributed by atoms with van der Waals surface area (Å²) in [4.78, 5) is 25.9. The highest BCUT2D eigenvalue weighted by atomic mass is 32.2. The molecule has 186 valence electrons. The molecular weight excluding hydrogens is 466 g/mol. The Hall–Kier alpha value is -3.14. The maximum atomic E-state index is 13.3. The molecule has 1 spiro atoms. The third-order valence-corrected chi connectivity index (χ3v) is 8.53. The SMILES string of the molecule is Cc1ccc(S(=O)(=O)n2ccc3c(N4CCCC5(CCN5C(=O)OC(C)(C)C)C4)ncnc32)cc1. The van der Waals surface area contributed by atoms with E-state index in [0.29, 0.717) is 29.9 Å². The van der Waals surface area contributed by atoms with E-state index in [1.54, 1.807) is 30.3 Å². The first kappa shape index (κ1) is 23.6. The van der Waals surface area contributed by atoms with Crippen LogP contribution in [0.15, 0.2) is 47.8 Å². The summed E-state index contributed by atoms with van der Waals surface area (Å²) in [6, 6.07) is 8.52. The van der Waals surface area contributed by atoms with Crippen LogP contribution in [0.4, 0.5) is 10.6 Å².